The normalized spacial score (nSPS) is 32.8. The lowest BCUT2D eigenvalue weighted by Crippen LogP contribution is -2.62. The number of nitrogens with zero attached hydrogens (tertiary/aromatic N) is 1. The van der Waals surface area contributed by atoms with Crippen molar-refractivity contribution in [1.29, 1.82) is 0 Å². The van der Waals surface area contributed by atoms with Crippen molar-refractivity contribution in [2.45, 2.75) is 62.8 Å². The van der Waals surface area contributed by atoms with Gasteiger partial charge in [-0.05, 0) is 39.9 Å². The van der Waals surface area contributed by atoms with E-state index in [0.29, 0.717) is 10.8 Å². The number of hydrogen-bond acceptors (Lipinski definition) is 3. The fourth-order valence-electron chi connectivity index (χ4n) is 3.30. The van der Waals surface area contributed by atoms with E-state index in [4.69, 9.17) is 0 Å². The van der Waals surface area contributed by atoms with Crippen molar-refractivity contribution in [3.8, 4) is 0 Å². The molecule has 2 aliphatic rings. The molecule has 17 heavy (non-hydrogen) atoms. The van der Waals surface area contributed by atoms with Gasteiger partial charge in [-0.25, -0.2) is 0 Å². The van der Waals surface area contributed by atoms with Crippen LogP contribution in [-0.2, 0) is 0 Å². The van der Waals surface area contributed by atoms with Crippen LogP contribution in [0.25, 0.3) is 0 Å². The van der Waals surface area contributed by atoms with Crippen LogP contribution in [0.1, 0.15) is 46.5 Å². The Balaban J connectivity index is 2.00. The number of rotatable bonds is 3. The number of piperazine rings is 1. The molecule has 0 aromatic rings. The van der Waals surface area contributed by atoms with Gasteiger partial charge in [0.2, 0.25) is 0 Å². The van der Waals surface area contributed by atoms with E-state index in [1.165, 1.54) is 38.8 Å². The highest BCUT2D eigenvalue weighted by atomic mass is 32.2. The molecule has 1 saturated heterocycles. The maximum absolute atomic E-state index is 3.65. The highest BCUT2D eigenvalue weighted by molar-refractivity contribution is 8.00. The molecule has 0 radical (unpaired) electrons. The SMILES string of the molecule is CSC1(CN2CC(C)(C)NCC2C)CCCC1. The van der Waals surface area contributed by atoms with Gasteiger partial charge in [-0.2, -0.15) is 11.8 Å². The van der Waals surface area contributed by atoms with Crippen molar-refractivity contribution >= 4 is 11.8 Å². The molecule has 0 spiro atoms. The first-order valence-corrected chi connectivity index (χ1v) is 8.23. The molecular weight excluding hydrogens is 228 g/mol. The summed E-state index contributed by atoms with van der Waals surface area (Å²) in [6.07, 6.45) is 8.02. The van der Waals surface area contributed by atoms with Crippen molar-refractivity contribution in [3.05, 3.63) is 0 Å². The minimum absolute atomic E-state index is 0.282. The van der Waals surface area contributed by atoms with Crippen LogP contribution < -0.4 is 5.32 Å². The van der Waals surface area contributed by atoms with Crippen LogP contribution >= 0.6 is 11.8 Å². The lowest BCUT2D eigenvalue weighted by molar-refractivity contribution is 0.0944. The first-order chi connectivity index (χ1) is 7.96. The smallest absolute Gasteiger partial charge is 0.0284 e. The average molecular weight is 256 g/mol. The van der Waals surface area contributed by atoms with Crippen molar-refractivity contribution in [2.75, 3.05) is 25.9 Å². The zero-order valence-corrected chi connectivity index (χ0v) is 12.7. The van der Waals surface area contributed by atoms with E-state index in [0.717, 1.165) is 6.54 Å². The molecule has 1 aliphatic carbocycles. The summed E-state index contributed by atoms with van der Waals surface area (Å²) in [4.78, 5) is 2.72. The first kappa shape index (κ1) is 13.7. The monoisotopic (exact) mass is 256 g/mol. The predicted octanol–water partition coefficient (Wildman–Crippen LogP) is 2.73. The lowest BCUT2D eigenvalue weighted by Gasteiger charge is -2.46. The maximum atomic E-state index is 3.65. The molecule has 1 saturated carbocycles. The Morgan fingerprint density at radius 3 is 2.53 bits per heavy atom. The van der Waals surface area contributed by atoms with E-state index >= 15 is 0 Å². The maximum Gasteiger partial charge on any atom is 0.0284 e. The van der Waals surface area contributed by atoms with Gasteiger partial charge in [0.15, 0.2) is 0 Å². The highest BCUT2D eigenvalue weighted by Crippen LogP contribution is 2.41. The Labute approximate surface area is 111 Å². The summed E-state index contributed by atoms with van der Waals surface area (Å²) in [6.45, 7) is 10.6. The van der Waals surface area contributed by atoms with Crippen molar-refractivity contribution in [1.82, 2.24) is 10.2 Å². The zero-order chi connectivity index (χ0) is 12.5. The van der Waals surface area contributed by atoms with Crippen LogP contribution in [0.15, 0.2) is 0 Å². The Hall–Kier alpha value is 0.270. The summed E-state index contributed by atoms with van der Waals surface area (Å²) in [5, 5.41) is 3.65. The van der Waals surface area contributed by atoms with E-state index in [2.05, 4.69) is 49.0 Å². The molecule has 1 atom stereocenters. The molecule has 2 rings (SSSR count). The highest BCUT2D eigenvalue weighted by Gasteiger charge is 2.39. The largest absolute Gasteiger partial charge is 0.309 e. The van der Waals surface area contributed by atoms with Gasteiger partial charge in [-0.1, -0.05) is 12.8 Å². The zero-order valence-electron chi connectivity index (χ0n) is 11.9. The fourth-order valence-corrected chi connectivity index (χ4v) is 4.29. The van der Waals surface area contributed by atoms with Crippen LogP contribution in [0, 0.1) is 0 Å². The molecule has 2 nitrogen and oxygen atoms in total. The van der Waals surface area contributed by atoms with Crippen molar-refractivity contribution < 1.29 is 0 Å². The summed E-state index contributed by atoms with van der Waals surface area (Å²) in [5.74, 6) is 0. The number of thioether (sulfide) groups is 1. The summed E-state index contributed by atoms with van der Waals surface area (Å²) in [5.41, 5.74) is 0.282. The van der Waals surface area contributed by atoms with E-state index in [9.17, 15) is 0 Å². The number of nitrogens with one attached hydrogen (secondary N) is 1. The van der Waals surface area contributed by atoms with Crippen LogP contribution in [-0.4, -0.2) is 47.1 Å². The van der Waals surface area contributed by atoms with Gasteiger partial charge in [0.05, 0.1) is 0 Å². The Bertz CT molecular complexity index is 259. The van der Waals surface area contributed by atoms with Crippen molar-refractivity contribution in [2.24, 2.45) is 0 Å². The van der Waals surface area contributed by atoms with E-state index < -0.39 is 0 Å². The molecule has 1 unspecified atom stereocenters. The van der Waals surface area contributed by atoms with E-state index in [-0.39, 0.29) is 5.54 Å². The summed E-state index contributed by atoms with van der Waals surface area (Å²) < 4.78 is 0.557. The van der Waals surface area contributed by atoms with Gasteiger partial charge in [0.1, 0.15) is 0 Å². The van der Waals surface area contributed by atoms with Gasteiger partial charge in [-0.15, -0.1) is 0 Å². The summed E-state index contributed by atoms with van der Waals surface area (Å²) in [6, 6.07) is 0.688. The molecule has 0 bridgehead atoms. The fraction of sp³-hybridized carbons (Fsp3) is 1.00. The Morgan fingerprint density at radius 2 is 1.94 bits per heavy atom. The number of hydrogen-bond donors (Lipinski definition) is 1. The third-order valence-electron chi connectivity index (χ3n) is 4.54. The molecular formula is C14H28N2S. The summed E-state index contributed by atoms with van der Waals surface area (Å²) >= 11 is 2.11. The molecule has 3 heteroatoms. The molecule has 1 aliphatic heterocycles. The van der Waals surface area contributed by atoms with Gasteiger partial charge in [-0.3, -0.25) is 4.90 Å². The van der Waals surface area contributed by atoms with Gasteiger partial charge in [0.25, 0.3) is 0 Å². The molecule has 2 fully saturated rings. The second kappa shape index (κ2) is 5.10. The molecule has 0 aromatic heterocycles. The molecule has 0 aromatic carbocycles. The van der Waals surface area contributed by atoms with E-state index in [1.54, 1.807) is 0 Å². The molecule has 100 valence electrons. The van der Waals surface area contributed by atoms with Gasteiger partial charge < -0.3 is 5.32 Å². The molecule has 1 heterocycles. The Morgan fingerprint density at radius 1 is 1.29 bits per heavy atom. The van der Waals surface area contributed by atoms with Crippen LogP contribution in [0.3, 0.4) is 0 Å². The third-order valence-corrected chi connectivity index (χ3v) is 5.94. The minimum atomic E-state index is 0.282. The van der Waals surface area contributed by atoms with Crippen molar-refractivity contribution in [3.63, 3.8) is 0 Å². The predicted molar refractivity (Wildman–Crippen MR) is 77.8 cm³/mol. The second-order valence-corrected chi connectivity index (χ2v) is 7.89. The first-order valence-electron chi connectivity index (χ1n) is 7.01. The van der Waals surface area contributed by atoms with Crippen LogP contribution in [0.5, 0.6) is 0 Å². The third kappa shape index (κ3) is 3.18. The molecule has 1 N–H and O–H groups in total. The summed E-state index contributed by atoms with van der Waals surface area (Å²) in [7, 11) is 0. The van der Waals surface area contributed by atoms with Gasteiger partial charge in [0, 0.05) is 36.0 Å². The quantitative estimate of drug-likeness (QED) is 0.836. The lowest BCUT2D eigenvalue weighted by atomic mass is 9.97. The van der Waals surface area contributed by atoms with Crippen LogP contribution in [0.2, 0.25) is 0 Å². The minimum Gasteiger partial charge on any atom is -0.309 e. The topological polar surface area (TPSA) is 15.3 Å². The Kier molecular flexibility index (Phi) is 4.11. The molecule has 0 amide bonds. The van der Waals surface area contributed by atoms with E-state index in [1.807, 2.05) is 0 Å². The van der Waals surface area contributed by atoms with Crippen LogP contribution in [0.4, 0.5) is 0 Å². The standard InChI is InChI=1S/C14H28N2S/c1-12-9-15-13(2,3)10-16(12)11-14(17-4)7-5-6-8-14/h12,15H,5-11H2,1-4H3. The average Bonchev–Trinajstić information content (AvgIpc) is 2.73. The van der Waals surface area contributed by atoms with Gasteiger partial charge >= 0.3 is 0 Å². The second-order valence-electron chi connectivity index (χ2n) is 6.61.